The highest BCUT2D eigenvalue weighted by Gasteiger charge is 1.97. The summed E-state index contributed by atoms with van der Waals surface area (Å²) in [6, 6.07) is 0. The monoisotopic (exact) mass is 212 g/mol. The Morgan fingerprint density at radius 3 is 2.93 bits per heavy atom. The summed E-state index contributed by atoms with van der Waals surface area (Å²) in [4.78, 5) is 20.9. The molecular weight excluding hydrogens is 196 g/mol. The standard InChI is InChI=1S/C10H16N2O3/c1-2-11-6-4-3-5-10(14)12-7-8-15-9-13/h2,4,6,9,11H,1,3,5,7-8H2,(H,12,14)/b6-4-. The summed E-state index contributed by atoms with van der Waals surface area (Å²) in [6.45, 7) is 4.39. The molecule has 0 spiro atoms. The summed E-state index contributed by atoms with van der Waals surface area (Å²) in [7, 11) is 0. The molecule has 0 aromatic heterocycles. The molecule has 0 aromatic carbocycles. The normalized spacial score (nSPS) is 9.60. The Labute approximate surface area is 89.2 Å². The Balaban J connectivity index is 3.32. The van der Waals surface area contributed by atoms with E-state index in [1.165, 1.54) is 0 Å². The van der Waals surface area contributed by atoms with Crippen LogP contribution < -0.4 is 10.6 Å². The predicted molar refractivity (Wildman–Crippen MR) is 56.7 cm³/mol. The molecule has 5 nitrogen and oxygen atoms in total. The number of hydrogen-bond donors (Lipinski definition) is 2. The maximum Gasteiger partial charge on any atom is 0.293 e. The van der Waals surface area contributed by atoms with Gasteiger partial charge in [0.2, 0.25) is 5.91 Å². The van der Waals surface area contributed by atoms with Gasteiger partial charge in [-0.2, -0.15) is 0 Å². The molecule has 1 amide bonds. The molecular formula is C10H16N2O3. The molecule has 0 saturated heterocycles. The van der Waals surface area contributed by atoms with E-state index >= 15 is 0 Å². The third-order valence-electron chi connectivity index (χ3n) is 1.48. The third kappa shape index (κ3) is 10.1. The van der Waals surface area contributed by atoms with Crippen molar-refractivity contribution in [3.05, 3.63) is 25.1 Å². The molecule has 2 N–H and O–H groups in total. The lowest BCUT2D eigenvalue weighted by Gasteiger charge is -2.02. The summed E-state index contributed by atoms with van der Waals surface area (Å²) in [5, 5.41) is 5.39. The quantitative estimate of drug-likeness (QED) is 0.426. The molecule has 15 heavy (non-hydrogen) atoms. The Bertz CT molecular complexity index is 227. The molecule has 0 radical (unpaired) electrons. The third-order valence-corrected chi connectivity index (χ3v) is 1.48. The summed E-state index contributed by atoms with van der Waals surface area (Å²) in [5.41, 5.74) is 0. The topological polar surface area (TPSA) is 67.4 Å². The SMILES string of the molecule is C=CN/C=C\CCC(=O)NCCOC=O. The Kier molecular flexibility index (Phi) is 9.08. The number of carbonyl (C=O) groups is 2. The molecule has 0 aliphatic carbocycles. The van der Waals surface area contributed by atoms with Gasteiger partial charge in [0.05, 0.1) is 6.54 Å². The largest absolute Gasteiger partial charge is 0.466 e. The van der Waals surface area contributed by atoms with Gasteiger partial charge in [0.1, 0.15) is 6.61 Å². The van der Waals surface area contributed by atoms with E-state index in [-0.39, 0.29) is 12.5 Å². The van der Waals surface area contributed by atoms with Crippen molar-refractivity contribution in [3.63, 3.8) is 0 Å². The number of carbonyl (C=O) groups excluding carboxylic acids is 2. The van der Waals surface area contributed by atoms with Crippen LogP contribution in [0.2, 0.25) is 0 Å². The van der Waals surface area contributed by atoms with Gasteiger partial charge in [-0.3, -0.25) is 9.59 Å². The van der Waals surface area contributed by atoms with Crippen LogP contribution in [0.4, 0.5) is 0 Å². The van der Waals surface area contributed by atoms with Gasteiger partial charge in [-0.05, 0) is 18.8 Å². The average Bonchev–Trinajstić information content (AvgIpc) is 2.24. The second kappa shape index (κ2) is 10.3. The van der Waals surface area contributed by atoms with E-state index in [2.05, 4.69) is 21.9 Å². The van der Waals surface area contributed by atoms with Crippen LogP contribution in [0.5, 0.6) is 0 Å². The van der Waals surface area contributed by atoms with Crippen molar-refractivity contribution in [1.29, 1.82) is 0 Å². The fourth-order valence-corrected chi connectivity index (χ4v) is 0.820. The zero-order valence-electron chi connectivity index (χ0n) is 8.57. The highest BCUT2D eigenvalue weighted by atomic mass is 16.5. The first-order valence-corrected chi connectivity index (χ1v) is 4.65. The number of ether oxygens (including phenoxy) is 1. The summed E-state index contributed by atoms with van der Waals surface area (Å²) >= 11 is 0. The zero-order chi connectivity index (χ0) is 11.4. The molecule has 0 rings (SSSR count). The van der Waals surface area contributed by atoms with Crippen LogP contribution in [0, 0.1) is 0 Å². The molecule has 0 unspecified atom stereocenters. The number of nitrogens with one attached hydrogen (secondary N) is 2. The molecule has 84 valence electrons. The van der Waals surface area contributed by atoms with Crippen LogP contribution in [-0.4, -0.2) is 25.5 Å². The summed E-state index contributed by atoms with van der Waals surface area (Å²) < 4.78 is 4.41. The minimum atomic E-state index is -0.0623. The Morgan fingerprint density at radius 1 is 1.47 bits per heavy atom. The van der Waals surface area contributed by atoms with Crippen molar-refractivity contribution in [2.75, 3.05) is 13.2 Å². The molecule has 0 atom stereocenters. The lowest BCUT2D eigenvalue weighted by atomic mass is 10.3. The van der Waals surface area contributed by atoms with Crippen molar-refractivity contribution in [1.82, 2.24) is 10.6 Å². The minimum absolute atomic E-state index is 0.0623. The first-order chi connectivity index (χ1) is 7.31. The van der Waals surface area contributed by atoms with Gasteiger partial charge in [-0.25, -0.2) is 0 Å². The lowest BCUT2D eigenvalue weighted by molar-refractivity contribution is -0.129. The van der Waals surface area contributed by atoms with Crippen LogP contribution in [-0.2, 0) is 14.3 Å². The predicted octanol–water partition coefficient (Wildman–Crippen LogP) is 0.303. The number of amides is 1. The molecule has 0 heterocycles. The van der Waals surface area contributed by atoms with Crippen molar-refractivity contribution in [2.45, 2.75) is 12.8 Å². The van der Waals surface area contributed by atoms with Crippen LogP contribution in [0.1, 0.15) is 12.8 Å². The van der Waals surface area contributed by atoms with Crippen LogP contribution >= 0.6 is 0 Å². The molecule has 0 saturated carbocycles. The fraction of sp³-hybridized carbons (Fsp3) is 0.400. The molecule has 0 aliphatic heterocycles. The number of rotatable bonds is 9. The van der Waals surface area contributed by atoms with Crippen LogP contribution in [0.15, 0.2) is 25.1 Å². The van der Waals surface area contributed by atoms with E-state index in [1.54, 1.807) is 12.4 Å². The smallest absolute Gasteiger partial charge is 0.293 e. The van der Waals surface area contributed by atoms with Crippen LogP contribution in [0.25, 0.3) is 0 Å². The molecule has 0 aromatic rings. The summed E-state index contributed by atoms with van der Waals surface area (Å²) in [6.07, 6.45) is 6.17. The second-order valence-electron chi connectivity index (χ2n) is 2.63. The second-order valence-corrected chi connectivity index (χ2v) is 2.63. The van der Waals surface area contributed by atoms with Gasteiger partial charge < -0.3 is 15.4 Å². The first-order valence-electron chi connectivity index (χ1n) is 4.65. The van der Waals surface area contributed by atoms with Crippen molar-refractivity contribution in [3.8, 4) is 0 Å². The maximum absolute atomic E-state index is 11.1. The molecule has 5 heteroatoms. The number of hydrogen-bond acceptors (Lipinski definition) is 4. The maximum atomic E-state index is 11.1. The van der Waals surface area contributed by atoms with Gasteiger partial charge in [-0.15, -0.1) is 0 Å². The Hall–Kier alpha value is -1.78. The van der Waals surface area contributed by atoms with Gasteiger partial charge in [-0.1, -0.05) is 12.7 Å². The van der Waals surface area contributed by atoms with Crippen molar-refractivity contribution < 1.29 is 14.3 Å². The minimum Gasteiger partial charge on any atom is -0.466 e. The fourth-order valence-electron chi connectivity index (χ4n) is 0.820. The Morgan fingerprint density at radius 2 is 2.27 bits per heavy atom. The zero-order valence-corrected chi connectivity index (χ0v) is 8.57. The highest BCUT2D eigenvalue weighted by molar-refractivity contribution is 5.75. The van der Waals surface area contributed by atoms with Gasteiger partial charge >= 0.3 is 0 Å². The number of allylic oxidation sites excluding steroid dienone is 1. The highest BCUT2D eigenvalue weighted by Crippen LogP contribution is 1.89. The van der Waals surface area contributed by atoms with E-state index in [0.717, 1.165) is 0 Å². The first kappa shape index (κ1) is 13.2. The molecule has 0 aliphatic rings. The van der Waals surface area contributed by atoms with Crippen LogP contribution in [0.3, 0.4) is 0 Å². The average molecular weight is 212 g/mol. The summed E-state index contributed by atoms with van der Waals surface area (Å²) in [5.74, 6) is -0.0623. The van der Waals surface area contributed by atoms with E-state index in [9.17, 15) is 9.59 Å². The van der Waals surface area contributed by atoms with Crippen molar-refractivity contribution >= 4 is 12.4 Å². The van der Waals surface area contributed by atoms with E-state index in [4.69, 9.17) is 0 Å². The molecule has 0 bridgehead atoms. The van der Waals surface area contributed by atoms with Gasteiger partial charge in [0.15, 0.2) is 0 Å². The van der Waals surface area contributed by atoms with Crippen molar-refractivity contribution in [2.24, 2.45) is 0 Å². The molecule has 0 fully saturated rings. The lowest BCUT2D eigenvalue weighted by Crippen LogP contribution is -2.26. The van der Waals surface area contributed by atoms with E-state index in [1.807, 2.05) is 6.08 Å². The van der Waals surface area contributed by atoms with E-state index in [0.29, 0.717) is 25.9 Å². The van der Waals surface area contributed by atoms with E-state index < -0.39 is 0 Å². The van der Waals surface area contributed by atoms with Gasteiger partial charge in [0, 0.05) is 6.42 Å². The van der Waals surface area contributed by atoms with Gasteiger partial charge in [0.25, 0.3) is 6.47 Å².